The number of ether oxygens (including phenoxy) is 1. The highest BCUT2D eigenvalue weighted by Gasteiger charge is 2.09. The highest BCUT2D eigenvalue weighted by molar-refractivity contribution is 7.20. The van der Waals surface area contributed by atoms with E-state index in [4.69, 9.17) is 0 Å². The normalized spacial score (nSPS) is 10.2. The van der Waals surface area contributed by atoms with E-state index in [1.54, 1.807) is 18.5 Å². The van der Waals surface area contributed by atoms with Crippen molar-refractivity contribution in [2.45, 2.75) is 0 Å². The summed E-state index contributed by atoms with van der Waals surface area (Å²) in [4.78, 5) is 11.7. The van der Waals surface area contributed by atoms with Gasteiger partial charge in [-0.3, -0.25) is 0 Å². The van der Waals surface area contributed by atoms with Crippen molar-refractivity contribution >= 4 is 27.4 Å². The van der Waals surface area contributed by atoms with E-state index < -0.39 is 0 Å². The van der Waals surface area contributed by atoms with Crippen molar-refractivity contribution < 1.29 is 9.53 Å². The van der Waals surface area contributed by atoms with Crippen LogP contribution in [0.15, 0.2) is 18.5 Å². The van der Waals surface area contributed by atoms with Crippen LogP contribution in [0, 0.1) is 0 Å². The van der Waals surface area contributed by atoms with Gasteiger partial charge >= 0.3 is 5.97 Å². The molecule has 0 amide bonds. The van der Waals surface area contributed by atoms with E-state index in [-0.39, 0.29) is 5.97 Å². The number of nitrogens with zero attached hydrogens (tertiary/aromatic N) is 2. The van der Waals surface area contributed by atoms with Crippen LogP contribution in [0.25, 0.3) is 10.1 Å². The molecule has 0 radical (unpaired) electrons. The molecule has 0 saturated carbocycles. The van der Waals surface area contributed by atoms with E-state index in [9.17, 15) is 4.79 Å². The summed E-state index contributed by atoms with van der Waals surface area (Å²) in [7, 11) is 1.36. The first-order valence-electron chi connectivity index (χ1n) is 3.60. The van der Waals surface area contributed by atoms with E-state index in [0.29, 0.717) is 4.88 Å². The lowest BCUT2D eigenvalue weighted by Gasteiger charge is -1.90. The third-order valence-corrected chi connectivity index (χ3v) is 2.68. The number of carbonyl (C=O) groups excluding carboxylic acids is 1. The van der Waals surface area contributed by atoms with E-state index in [0.717, 1.165) is 10.1 Å². The van der Waals surface area contributed by atoms with Gasteiger partial charge in [0.1, 0.15) is 4.88 Å². The van der Waals surface area contributed by atoms with E-state index in [1.165, 1.54) is 18.4 Å². The summed E-state index contributed by atoms with van der Waals surface area (Å²) < 4.78 is 5.54. The molecule has 0 saturated heterocycles. The Morgan fingerprint density at radius 3 is 2.92 bits per heavy atom. The Morgan fingerprint density at radius 2 is 2.23 bits per heavy atom. The molecule has 0 aliphatic rings. The quantitative estimate of drug-likeness (QED) is 0.645. The molecule has 0 aliphatic carbocycles. The van der Waals surface area contributed by atoms with Gasteiger partial charge in [0.05, 0.1) is 24.2 Å². The van der Waals surface area contributed by atoms with Crippen LogP contribution < -0.4 is 0 Å². The molecule has 13 heavy (non-hydrogen) atoms. The van der Waals surface area contributed by atoms with E-state index >= 15 is 0 Å². The molecule has 0 N–H and O–H groups in total. The summed E-state index contributed by atoms with van der Waals surface area (Å²) in [6.07, 6.45) is 3.25. The van der Waals surface area contributed by atoms with Gasteiger partial charge < -0.3 is 4.74 Å². The number of hydrogen-bond acceptors (Lipinski definition) is 5. The lowest BCUT2D eigenvalue weighted by atomic mass is 10.3. The highest BCUT2D eigenvalue weighted by atomic mass is 32.1. The van der Waals surface area contributed by atoms with Crippen LogP contribution in [0.2, 0.25) is 0 Å². The summed E-state index contributed by atoms with van der Waals surface area (Å²) in [5.41, 5.74) is 0. The Bertz CT molecular complexity index is 419. The van der Waals surface area contributed by atoms with Gasteiger partial charge in [0.2, 0.25) is 0 Å². The molecule has 0 atom stereocenters. The van der Waals surface area contributed by atoms with E-state index in [1.807, 2.05) is 0 Å². The summed E-state index contributed by atoms with van der Waals surface area (Å²) in [5.74, 6) is -0.318. The molecule has 0 aliphatic heterocycles. The summed E-state index contributed by atoms with van der Waals surface area (Å²) in [6, 6.07) is 1.75. The minimum absolute atomic E-state index is 0.318. The molecule has 5 heteroatoms. The second-order valence-corrected chi connectivity index (χ2v) is 3.49. The number of rotatable bonds is 1. The highest BCUT2D eigenvalue weighted by Crippen LogP contribution is 2.23. The van der Waals surface area contributed by atoms with Crippen molar-refractivity contribution in [3.63, 3.8) is 0 Å². The fraction of sp³-hybridized carbons (Fsp3) is 0.125. The predicted molar refractivity (Wildman–Crippen MR) is 48.8 cm³/mol. The minimum atomic E-state index is -0.318. The van der Waals surface area contributed by atoms with Crippen LogP contribution in [-0.4, -0.2) is 23.3 Å². The maximum absolute atomic E-state index is 11.1. The molecule has 0 aromatic carbocycles. The number of thiophene rings is 1. The Hall–Kier alpha value is -1.49. The fourth-order valence-corrected chi connectivity index (χ4v) is 1.92. The number of hydrogen-bond donors (Lipinski definition) is 0. The zero-order valence-corrected chi connectivity index (χ0v) is 7.67. The number of carbonyl (C=O) groups is 1. The Morgan fingerprint density at radius 1 is 1.46 bits per heavy atom. The third-order valence-electron chi connectivity index (χ3n) is 1.62. The van der Waals surface area contributed by atoms with Crippen molar-refractivity contribution in [2.24, 2.45) is 0 Å². The summed E-state index contributed by atoms with van der Waals surface area (Å²) >= 11 is 1.35. The van der Waals surface area contributed by atoms with Crippen LogP contribution in [0.1, 0.15) is 9.67 Å². The van der Waals surface area contributed by atoms with Crippen LogP contribution in [0.4, 0.5) is 0 Å². The largest absolute Gasteiger partial charge is 0.465 e. The summed E-state index contributed by atoms with van der Waals surface area (Å²) in [5, 5.41) is 8.35. The van der Waals surface area contributed by atoms with Crippen molar-refractivity contribution in [3.8, 4) is 0 Å². The topological polar surface area (TPSA) is 52.1 Å². The van der Waals surface area contributed by atoms with Crippen LogP contribution >= 0.6 is 11.3 Å². The van der Waals surface area contributed by atoms with Gasteiger partial charge in [-0.1, -0.05) is 0 Å². The molecule has 2 aromatic rings. The molecule has 0 fully saturated rings. The van der Waals surface area contributed by atoms with Gasteiger partial charge in [-0.15, -0.1) is 11.3 Å². The number of esters is 1. The van der Waals surface area contributed by atoms with Gasteiger partial charge in [-0.2, -0.15) is 10.2 Å². The average molecular weight is 194 g/mol. The van der Waals surface area contributed by atoms with Crippen molar-refractivity contribution in [3.05, 3.63) is 23.3 Å². The predicted octanol–water partition coefficient (Wildman–Crippen LogP) is 1.48. The van der Waals surface area contributed by atoms with Gasteiger partial charge in [-0.05, 0) is 6.07 Å². The third kappa shape index (κ3) is 1.38. The molecule has 2 rings (SSSR count). The zero-order chi connectivity index (χ0) is 9.26. The summed E-state index contributed by atoms with van der Waals surface area (Å²) in [6.45, 7) is 0. The molecular weight excluding hydrogens is 188 g/mol. The molecule has 0 unspecified atom stereocenters. The number of aromatic nitrogens is 2. The second-order valence-electron chi connectivity index (χ2n) is 2.41. The molecular formula is C8H6N2O2S. The molecule has 2 aromatic heterocycles. The van der Waals surface area contributed by atoms with Gasteiger partial charge in [0, 0.05) is 5.39 Å². The first-order chi connectivity index (χ1) is 6.31. The lowest BCUT2D eigenvalue weighted by molar-refractivity contribution is 0.0606. The minimum Gasteiger partial charge on any atom is -0.465 e. The first-order valence-corrected chi connectivity index (χ1v) is 4.41. The Balaban J connectivity index is 2.56. The van der Waals surface area contributed by atoms with Crippen molar-refractivity contribution in [1.29, 1.82) is 0 Å². The maximum Gasteiger partial charge on any atom is 0.348 e. The zero-order valence-electron chi connectivity index (χ0n) is 6.85. The maximum atomic E-state index is 11.1. The molecule has 66 valence electrons. The van der Waals surface area contributed by atoms with E-state index in [2.05, 4.69) is 14.9 Å². The molecule has 0 spiro atoms. The standard InChI is InChI=1S/C8H6N2O2S/c1-12-8(11)6-2-5-3-9-10-4-7(5)13-6/h2-4H,1H3. The van der Waals surface area contributed by atoms with Gasteiger partial charge in [0.25, 0.3) is 0 Å². The average Bonchev–Trinajstić information content (AvgIpc) is 2.59. The Kier molecular flexibility index (Phi) is 1.94. The Labute approximate surface area is 78.2 Å². The first kappa shape index (κ1) is 8.12. The second kappa shape index (κ2) is 3.10. The molecule has 4 nitrogen and oxygen atoms in total. The monoisotopic (exact) mass is 194 g/mol. The van der Waals surface area contributed by atoms with Crippen LogP contribution in [0.5, 0.6) is 0 Å². The number of methoxy groups -OCH3 is 1. The molecule has 0 bridgehead atoms. The van der Waals surface area contributed by atoms with Gasteiger partial charge in [0.15, 0.2) is 0 Å². The van der Waals surface area contributed by atoms with Crippen molar-refractivity contribution in [2.75, 3.05) is 7.11 Å². The van der Waals surface area contributed by atoms with Crippen molar-refractivity contribution in [1.82, 2.24) is 10.2 Å². The van der Waals surface area contributed by atoms with Crippen LogP contribution in [0.3, 0.4) is 0 Å². The SMILES string of the molecule is COC(=O)c1cc2cnncc2s1. The van der Waals surface area contributed by atoms with Crippen LogP contribution in [-0.2, 0) is 4.74 Å². The van der Waals surface area contributed by atoms with Gasteiger partial charge in [-0.25, -0.2) is 4.79 Å². The fourth-order valence-electron chi connectivity index (χ4n) is 1.00. The smallest absolute Gasteiger partial charge is 0.348 e. The lowest BCUT2D eigenvalue weighted by Crippen LogP contribution is -1.96. The number of fused-ring (bicyclic) bond motifs is 1. The molecule has 2 heterocycles.